The number of aryl methyl sites for hydroxylation is 1. The van der Waals surface area contributed by atoms with Crippen LogP contribution in [0.2, 0.25) is 0 Å². The summed E-state index contributed by atoms with van der Waals surface area (Å²) in [6.07, 6.45) is 6.55. The van der Waals surface area contributed by atoms with Gasteiger partial charge < -0.3 is 15.4 Å². The molecule has 1 aromatic heterocycles. The highest BCUT2D eigenvalue weighted by Gasteiger charge is 2.23. The lowest BCUT2D eigenvalue weighted by molar-refractivity contribution is 0.187. The molecule has 0 aromatic carbocycles. The SMILES string of the molecule is CCNC(=NCC1CCOC1)NC1CCc2cn(C(C)C)nc2C1. The first-order valence-corrected chi connectivity index (χ1v) is 9.35. The number of nitrogens with zero attached hydrogens (tertiary/aromatic N) is 3. The van der Waals surface area contributed by atoms with Gasteiger partial charge in [0.2, 0.25) is 0 Å². The fourth-order valence-corrected chi connectivity index (χ4v) is 3.36. The first-order valence-electron chi connectivity index (χ1n) is 9.35. The van der Waals surface area contributed by atoms with Crippen molar-refractivity contribution in [3.8, 4) is 0 Å². The predicted molar refractivity (Wildman–Crippen MR) is 96.5 cm³/mol. The molecule has 2 aliphatic rings. The molecule has 0 spiro atoms. The van der Waals surface area contributed by atoms with Gasteiger partial charge in [0.25, 0.3) is 0 Å². The molecule has 0 bridgehead atoms. The van der Waals surface area contributed by atoms with Crippen LogP contribution in [0.5, 0.6) is 0 Å². The number of fused-ring (bicyclic) bond motifs is 1. The van der Waals surface area contributed by atoms with E-state index in [1.54, 1.807) is 0 Å². The minimum Gasteiger partial charge on any atom is -0.381 e. The quantitative estimate of drug-likeness (QED) is 0.638. The van der Waals surface area contributed by atoms with Gasteiger partial charge in [-0.15, -0.1) is 0 Å². The van der Waals surface area contributed by atoms with Gasteiger partial charge in [-0.3, -0.25) is 9.67 Å². The molecule has 24 heavy (non-hydrogen) atoms. The lowest BCUT2D eigenvalue weighted by Gasteiger charge is -2.24. The molecule has 2 heterocycles. The Bertz CT molecular complexity index is 560. The third-order valence-electron chi connectivity index (χ3n) is 4.84. The second-order valence-corrected chi connectivity index (χ2v) is 7.21. The van der Waals surface area contributed by atoms with Crippen molar-refractivity contribution in [2.75, 3.05) is 26.3 Å². The number of nitrogens with one attached hydrogen (secondary N) is 2. The van der Waals surface area contributed by atoms with Crippen LogP contribution in [-0.4, -0.2) is 48.1 Å². The van der Waals surface area contributed by atoms with Crippen molar-refractivity contribution >= 4 is 5.96 Å². The summed E-state index contributed by atoms with van der Waals surface area (Å²) < 4.78 is 7.53. The van der Waals surface area contributed by atoms with E-state index in [2.05, 4.69) is 42.3 Å². The number of hydrogen-bond acceptors (Lipinski definition) is 3. The van der Waals surface area contributed by atoms with Crippen molar-refractivity contribution in [2.45, 2.75) is 58.5 Å². The summed E-state index contributed by atoms with van der Waals surface area (Å²) in [6, 6.07) is 0.833. The highest BCUT2D eigenvalue weighted by Crippen LogP contribution is 2.21. The minimum atomic E-state index is 0.408. The molecule has 1 aliphatic heterocycles. The van der Waals surface area contributed by atoms with Crippen LogP contribution in [0.4, 0.5) is 0 Å². The molecule has 1 saturated heterocycles. The topological polar surface area (TPSA) is 63.5 Å². The first kappa shape index (κ1) is 17.3. The average Bonchev–Trinajstić information content (AvgIpc) is 3.21. The van der Waals surface area contributed by atoms with E-state index in [0.29, 0.717) is 18.0 Å². The van der Waals surface area contributed by atoms with Gasteiger partial charge in [0.05, 0.1) is 12.3 Å². The maximum atomic E-state index is 5.44. The molecule has 1 aliphatic carbocycles. The maximum Gasteiger partial charge on any atom is 0.191 e. The van der Waals surface area contributed by atoms with E-state index < -0.39 is 0 Å². The van der Waals surface area contributed by atoms with Gasteiger partial charge in [-0.2, -0.15) is 5.10 Å². The number of aromatic nitrogens is 2. The van der Waals surface area contributed by atoms with Crippen LogP contribution in [-0.2, 0) is 17.6 Å². The number of rotatable bonds is 5. The summed E-state index contributed by atoms with van der Waals surface area (Å²) in [5.74, 6) is 1.50. The van der Waals surface area contributed by atoms with E-state index in [-0.39, 0.29) is 0 Å². The molecule has 2 atom stereocenters. The number of guanidine groups is 1. The van der Waals surface area contributed by atoms with E-state index in [9.17, 15) is 0 Å². The van der Waals surface area contributed by atoms with Crippen LogP contribution in [0.1, 0.15) is 50.9 Å². The molecule has 6 heteroatoms. The Hall–Kier alpha value is -1.56. The van der Waals surface area contributed by atoms with Crippen molar-refractivity contribution in [3.05, 3.63) is 17.5 Å². The highest BCUT2D eigenvalue weighted by molar-refractivity contribution is 5.80. The Morgan fingerprint density at radius 1 is 1.46 bits per heavy atom. The van der Waals surface area contributed by atoms with Gasteiger partial charge in [-0.25, -0.2) is 0 Å². The zero-order valence-corrected chi connectivity index (χ0v) is 15.2. The molecule has 0 radical (unpaired) electrons. The van der Waals surface area contributed by atoms with Crippen molar-refractivity contribution in [2.24, 2.45) is 10.9 Å². The molecular formula is C18H31N5O. The van der Waals surface area contributed by atoms with Crippen LogP contribution in [0, 0.1) is 5.92 Å². The molecule has 134 valence electrons. The summed E-state index contributed by atoms with van der Waals surface area (Å²) in [7, 11) is 0. The number of ether oxygens (including phenoxy) is 1. The average molecular weight is 333 g/mol. The summed E-state index contributed by atoms with van der Waals surface area (Å²) in [6.45, 7) is 9.92. The molecule has 1 fully saturated rings. The van der Waals surface area contributed by atoms with Gasteiger partial charge in [-0.1, -0.05) is 0 Å². The van der Waals surface area contributed by atoms with Gasteiger partial charge >= 0.3 is 0 Å². The van der Waals surface area contributed by atoms with Crippen molar-refractivity contribution in [1.29, 1.82) is 0 Å². The Morgan fingerprint density at radius 3 is 3.04 bits per heavy atom. The van der Waals surface area contributed by atoms with E-state index >= 15 is 0 Å². The summed E-state index contributed by atoms with van der Waals surface area (Å²) in [5.41, 5.74) is 2.65. The lowest BCUT2D eigenvalue weighted by Crippen LogP contribution is -2.46. The Kier molecular flexibility index (Phi) is 5.76. The zero-order chi connectivity index (χ0) is 16.9. The van der Waals surface area contributed by atoms with Crippen LogP contribution < -0.4 is 10.6 Å². The van der Waals surface area contributed by atoms with E-state index in [1.807, 2.05) is 0 Å². The van der Waals surface area contributed by atoms with E-state index in [0.717, 1.165) is 57.9 Å². The first-order chi connectivity index (χ1) is 11.7. The minimum absolute atomic E-state index is 0.408. The van der Waals surface area contributed by atoms with Crippen LogP contribution >= 0.6 is 0 Å². The fraction of sp³-hybridized carbons (Fsp3) is 0.778. The number of aliphatic imine (C=N–C) groups is 1. The predicted octanol–water partition coefficient (Wildman–Crippen LogP) is 1.91. The Morgan fingerprint density at radius 2 is 2.33 bits per heavy atom. The van der Waals surface area contributed by atoms with Gasteiger partial charge in [0.1, 0.15) is 0 Å². The second kappa shape index (κ2) is 8.01. The third-order valence-corrected chi connectivity index (χ3v) is 4.84. The monoisotopic (exact) mass is 333 g/mol. The molecule has 0 amide bonds. The highest BCUT2D eigenvalue weighted by atomic mass is 16.5. The third kappa shape index (κ3) is 4.29. The number of hydrogen-bond donors (Lipinski definition) is 2. The van der Waals surface area contributed by atoms with Crippen LogP contribution in [0.3, 0.4) is 0 Å². The summed E-state index contributed by atoms with van der Waals surface area (Å²) in [5, 5.41) is 11.7. The van der Waals surface area contributed by atoms with E-state index in [4.69, 9.17) is 14.8 Å². The zero-order valence-electron chi connectivity index (χ0n) is 15.2. The fourth-order valence-electron chi connectivity index (χ4n) is 3.36. The molecule has 0 saturated carbocycles. The summed E-state index contributed by atoms with van der Waals surface area (Å²) in [4.78, 5) is 4.77. The molecule has 1 aromatic rings. The second-order valence-electron chi connectivity index (χ2n) is 7.21. The van der Waals surface area contributed by atoms with Gasteiger partial charge in [0, 0.05) is 50.3 Å². The van der Waals surface area contributed by atoms with Crippen LogP contribution in [0.25, 0.3) is 0 Å². The van der Waals surface area contributed by atoms with Crippen molar-refractivity contribution < 1.29 is 4.74 Å². The maximum absolute atomic E-state index is 5.44. The van der Waals surface area contributed by atoms with E-state index in [1.165, 1.54) is 11.3 Å². The molecule has 6 nitrogen and oxygen atoms in total. The van der Waals surface area contributed by atoms with Gasteiger partial charge in [0.15, 0.2) is 5.96 Å². The van der Waals surface area contributed by atoms with Crippen LogP contribution in [0.15, 0.2) is 11.2 Å². The van der Waals surface area contributed by atoms with Crippen molar-refractivity contribution in [3.63, 3.8) is 0 Å². The molecular weight excluding hydrogens is 302 g/mol. The molecule has 2 unspecified atom stereocenters. The largest absolute Gasteiger partial charge is 0.381 e. The Balaban J connectivity index is 1.59. The summed E-state index contributed by atoms with van der Waals surface area (Å²) >= 11 is 0. The normalized spacial score (nSPS) is 24.2. The standard InChI is InChI=1S/C18H31N5O/c1-4-19-18(20-10-14-7-8-24-12-14)21-16-6-5-15-11-23(13(2)3)22-17(15)9-16/h11,13-14,16H,4-10,12H2,1-3H3,(H2,19,20,21). The molecule has 3 rings (SSSR count). The lowest BCUT2D eigenvalue weighted by atomic mass is 9.94. The molecule has 2 N–H and O–H groups in total. The van der Waals surface area contributed by atoms with Crippen molar-refractivity contribution in [1.82, 2.24) is 20.4 Å². The van der Waals surface area contributed by atoms with Gasteiger partial charge in [-0.05, 0) is 45.6 Å². The smallest absolute Gasteiger partial charge is 0.191 e. The Labute approximate surface area is 145 Å².